The van der Waals surface area contributed by atoms with Crippen LogP contribution in [0.3, 0.4) is 0 Å². The summed E-state index contributed by atoms with van der Waals surface area (Å²) >= 11 is 0. The van der Waals surface area contributed by atoms with Gasteiger partial charge < -0.3 is 10.2 Å². The van der Waals surface area contributed by atoms with Gasteiger partial charge >= 0.3 is 0 Å². The molecule has 2 unspecified atom stereocenters. The van der Waals surface area contributed by atoms with Crippen molar-refractivity contribution in [2.75, 3.05) is 18.5 Å². The molecule has 4 heteroatoms. The molecule has 2 heterocycles. The Kier molecular flexibility index (Phi) is 3.01. The molecule has 1 aromatic rings. The molecule has 2 saturated heterocycles. The molecule has 0 amide bonds. The zero-order valence-corrected chi connectivity index (χ0v) is 9.93. The van der Waals surface area contributed by atoms with Crippen LogP contribution in [0.4, 0.5) is 5.69 Å². The second-order valence-corrected chi connectivity index (χ2v) is 4.85. The maximum Gasteiger partial charge on any atom is 0.138 e. The Morgan fingerprint density at radius 1 is 1.24 bits per heavy atom. The zero-order valence-electron chi connectivity index (χ0n) is 9.93. The Morgan fingerprint density at radius 3 is 2.59 bits per heavy atom. The van der Waals surface area contributed by atoms with Gasteiger partial charge in [-0.3, -0.25) is 10.7 Å². The number of benzene rings is 1. The molecule has 4 nitrogen and oxygen atoms in total. The van der Waals surface area contributed by atoms with Gasteiger partial charge in [0.25, 0.3) is 0 Å². The minimum absolute atomic E-state index is 0.379. The maximum atomic E-state index is 5.75. The molecule has 0 bridgehead atoms. The van der Waals surface area contributed by atoms with Gasteiger partial charge in [0.05, 0.1) is 0 Å². The number of hydrogen-bond donors (Lipinski definition) is 2. The average molecular weight is 233 g/mol. The predicted octanol–water partition coefficient (Wildman–Crippen LogP) is 1.34. The highest BCUT2D eigenvalue weighted by Gasteiger charge is 2.43. The van der Waals surface area contributed by atoms with Crippen molar-refractivity contribution in [2.24, 2.45) is 5.84 Å². The second-order valence-electron chi connectivity index (χ2n) is 4.85. The largest absolute Gasteiger partial charge is 0.353 e. The number of hydrazine groups is 1. The molecule has 0 aliphatic carbocycles. The summed E-state index contributed by atoms with van der Waals surface area (Å²) in [4.78, 5) is 2.46. The minimum Gasteiger partial charge on any atom is -0.353 e. The molecule has 2 aliphatic heterocycles. The lowest BCUT2D eigenvalue weighted by atomic mass is 10.1. The molecule has 3 rings (SSSR count). The monoisotopic (exact) mass is 233 g/mol. The average Bonchev–Trinajstić information content (AvgIpc) is 2.92. The Hall–Kier alpha value is -1.10. The van der Waals surface area contributed by atoms with Crippen molar-refractivity contribution in [3.8, 4) is 0 Å². The van der Waals surface area contributed by atoms with E-state index in [9.17, 15) is 0 Å². The van der Waals surface area contributed by atoms with E-state index in [-0.39, 0.29) is 0 Å². The van der Waals surface area contributed by atoms with E-state index in [1.807, 2.05) is 12.1 Å². The maximum absolute atomic E-state index is 5.75. The normalized spacial score (nSPS) is 28.3. The van der Waals surface area contributed by atoms with Gasteiger partial charge in [0.1, 0.15) is 12.3 Å². The molecule has 0 spiro atoms. The van der Waals surface area contributed by atoms with Gasteiger partial charge in [0.2, 0.25) is 0 Å². The fourth-order valence-corrected chi connectivity index (χ4v) is 2.57. The summed E-state index contributed by atoms with van der Waals surface area (Å²) in [5.41, 5.74) is 4.90. The van der Waals surface area contributed by atoms with Gasteiger partial charge in [-0.05, 0) is 30.5 Å². The molecular weight excluding hydrogens is 214 g/mol. The molecular formula is C13H19N3O. The molecule has 0 aromatic heterocycles. The van der Waals surface area contributed by atoms with Gasteiger partial charge in [-0.2, -0.15) is 0 Å². The molecule has 0 saturated carbocycles. The summed E-state index contributed by atoms with van der Waals surface area (Å²) in [6, 6.07) is 8.22. The van der Waals surface area contributed by atoms with Crippen molar-refractivity contribution < 1.29 is 4.74 Å². The number of likely N-dealkylation sites (tertiary alicyclic amines) is 1. The lowest BCUT2D eigenvalue weighted by Crippen LogP contribution is -2.25. The van der Waals surface area contributed by atoms with Crippen LogP contribution in [0.5, 0.6) is 0 Å². The quantitative estimate of drug-likeness (QED) is 0.468. The zero-order chi connectivity index (χ0) is 11.7. The summed E-state index contributed by atoms with van der Waals surface area (Å²) in [6.07, 6.45) is 4.42. The lowest BCUT2D eigenvalue weighted by Gasteiger charge is -2.10. The Morgan fingerprint density at radius 2 is 1.94 bits per heavy atom. The highest BCUT2D eigenvalue weighted by Crippen LogP contribution is 2.31. The third-order valence-electron chi connectivity index (χ3n) is 3.61. The summed E-state index contributed by atoms with van der Waals surface area (Å²) in [5, 5.41) is 0. The van der Waals surface area contributed by atoms with E-state index >= 15 is 0 Å². The van der Waals surface area contributed by atoms with E-state index < -0.39 is 0 Å². The van der Waals surface area contributed by atoms with E-state index in [0.29, 0.717) is 12.3 Å². The number of ether oxygens (including phenoxy) is 1. The topological polar surface area (TPSA) is 53.8 Å². The summed E-state index contributed by atoms with van der Waals surface area (Å²) in [6.45, 7) is 2.41. The Labute approximate surface area is 102 Å². The highest BCUT2D eigenvalue weighted by molar-refractivity contribution is 5.43. The van der Waals surface area contributed by atoms with E-state index in [0.717, 1.165) is 12.1 Å². The van der Waals surface area contributed by atoms with E-state index in [1.165, 1.54) is 31.5 Å². The smallest absolute Gasteiger partial charge is 0.138 e. The Bertz CT molecular complexity index is 373. The van der Waals surface area contributed by atoms with Crippen LogP contribution in [0.15, 0.2) is 24.3 Å². The SMILES string of the molecule is NNc1ccc(CC2OC2N2CCCC2)cc1. The lowest BCUT2D eigenvalue weighted by molar-refractivity contribution is 0.210. The molecule has 1 aromatic carbocycles. The van der Waals surface area contributed by atoms with Gasteiger partial charge in [-0.1, -0.05) is 12.1 Å². The molecule has 2 atom stereocenters. The number of epoxide rings is 1. The van der Waals surface area contributed by atoms with Crippen molar-refractivity contribution in [2.45, 2.75) is 31.6 Å². The van der Waals surface area contributed by atoms with Gasteiger partial charge in [-0.15, -0.1) is 0 Å². The molecule has 2 fully saturated rings. The van der Waals surface area contributed by atoms with Crippen LogP contribution in [0.2, 0.25) is 0 Å². The minimum atomic E-state index is 0.379. The summed E-state index contributed by atoms with van der Waals surface area (Å²) in [5.74, 6) is 5.34. The van der Waals surface area contributed by atoms with E-state index in [2.05, 4.69) is 22.5 Å². The van der Waals surface area contributed by atoms with Crippen LogP contribution >= 0.6 is 0 Å². The Balaban J connectivity index is 1.54. The number of hydrogen-bond acceptors (Lipinski definition) is 4. The number of nitrogen functional groups attached to an aromatic ring is 1. The first kappa shape index (κ1) is 11.0. The number of nitrogens with two attached hydrogens (primary N) is 1. The molecule has 0 radical (unpaired) electrons. The molecule has 92 valence electrons. The third kappa shape index (κ3) is 2.44. The summed E-state index contributed by atoms with van der Waals surface area (Å²) in [7, 11) is 0. The van der Waals surface area contributed by atoms with Gasteiger partial charge in [0.15, 0.2) is 0 Å². The van der Waals surface area contributed by atoms with Gasteiger partial charge in [0, 0.05) is 25.2 Å². The van der Waals surface area contributed by atoms with Crippen LogP contribution in [-0.2, 0) is 11.2 Å². The predicted molar refractivity (Wildman–Crippen MR) is 67.4 cm³/mol. The fraction of sp³-hybridized carbons (Fsp3) is 0.538. The fourth-order valence-electron chi connectivity index (χ4n) is 2.57. The number of nitrogens with zero attached hydrogens (tertiary/aromatic N) is 1. The van der Waals surface area contributed by atoms with E-state index in [1.54, 1.807) is 0 Å². The number of rotatable bonds is 4. The highest BCUT2D eigenvalue weighted by atomic mass is 16.6. The number of anilines is 1. The first-order chi connectivity index (χ1) is 8.36. The first-order valence-electron chi connectivity index (χ1n) is 6.32. The van der Waals surface area contributed by atoms with Crippen molar-refractivity contribution in [1.29, 1.82) is 0 Å². The third-order valence-corrected chi connectivity index (χ3v) is 3.61. The first-order valence-corrected chi connectivity index (χ1v) is 6.32. The molecule has 17 heavy (non-hydrogen) atoms. The standard InChI is InChI=1S/C13H19N3O/c14-15-11-5-3-10(4-6-11)9-12-13(17-12)16-7-1-2-8-16/h3-6,12-13,15H,1-2,7-9,14H2. The molecule has 2 aliphatic rings. The molecule has 3 N–H and O–H groups in total. The van der Waals surface area contributed by atoms with Crippen molar-refractivity contribution in [3.63, 3.8) is 0 Å². The van der Waals surface area contributed by atoms with Crippen LogP contribution in [0.1, 0.15) is 18.4 Å². The summed E-state index contributed by atoms with van der Waals surface area (Å²) < 4.78 is 5.75. The number of nitrogens with one attached hydrogen (secondary N) is 1. The van der Waals surface area contributed by atoms with Gasteiger partial charge in [-0.25, -0.2) is 0 Å². The van der Waals surface area contributed by atoms with Crippen LogP contribution in [0.25, 0.3) is 0 Å². The van der Waals surface area contributed by atoms with Crippen LogP contribution < -0.4 is 11.3 Å². The van der Waals surface area contributed by atoms with Crippen LogP contribution in [-0.4, -0.2) is 30.3 Å². The van der Waals surface area contributed by atoms with Crippen molar-refractivity contribution in [3.05, 3.63) is 29.8 Å². The van der Waals surface area contributed by atoms with E-state index in [4.69, 9.17) is 10.6 Å². The van der Waals surface area contributed by atoms with Crippen LogP contribution in [0, 0.1) is 0 Å². The van der Waals surface area contributed by atoms with Crippen molar-refractivity contribution >= 4 is 5.69 Å². The second kappa shape index (κ2) is 4.64. The van der Waals surface area contributed by atoms with Crippen molar-refractivity contribution in [1.82, 2.24) is 4.90 Å².